The van der Waals surface area contributed by atoms with E-state index >= 15 is 0 Å². The fourth-order valence-electron chi connectivity index (χ4n) is 4.34. The molecule has 0 saturated carbocycles. The summed E-state index contributed by atoms with van der Waals surface area (Å²) in [6.07, 6.45) is 4.61. The maximum atomic E-state index is 13.8. The lowest BCUT2D eigenvalue weighted by Crippen LogP contribution is -2.23. The minimum absolute atomic E-state index is 0.331. The highest BCUT2D eigenvalue weighted by atomic mass is 19.1. The first-order valence-corrected chi connectivity index (χ1v) is 10.6. The van der Waals surface area contributed by atoms with Gasteiger partial charge in [-0.25, -0.2) is 9.37 Å². The van der Waals surface area contributed by atoms with Crippen LogP contribution < -0.4 is 10.2 Å². The van der Waals surface area contributed by atoms with Gasteiger partial charge in [-0.15, -0.1) is 0 Å². The Hall–Kier alpha value is -2.75. The number of likely N-dealkylation sites (N-methyl/N-ethyl adjacent to an activating group) is 1. The van der Waals surface area contributed by atoms with Gasteiger partial charge in [-0.05, 0) is 40.3 Å². The summed E-state index contributed by atoms with van der Waals surface area (Å²) < 4.78 is 17.8. The summed E-state index contributed by atoms with van der Waals surface area (Å²) in [7, 11) is 2.14. The fraction of sp³-hybridized carbons (Fsp3) is 0.600. The fourth-order valence-corrected chi connectivity index (χ4v) is 4.34. The number of hydrogen-bond donors (Lipinski definition) is 1. The molecular weight excluding hydrogens is 385 g/mol. The zero-order chi connectivity index (χ0) is 20.8. The largest absolute Gasteiger partial charge is 0.338 e. The Kier molecular flexibility index (Phi) is 4.80. The molecule has 3 aromatic heterocycles. The van der Waals surface area contributed by atoms with E-state index in [0.29, 0.717) is 42.8 Å². The van der Waals surface area contributed by atoms with E-state index in [2.05, 4.69) is 40.1 Å². The van der Waals surface area contributed by atoms with Crippen molar-refractivity contribution in [2.24, 2.45) is 0 Å². The van der Waals surface area contributed by atoms with Crippen LogP contribution in [0.25, 0.3) is 11.2 Å². The molecular formula is C20H28FN9. The number of likely N-dealkylation sites (tertiary alicyclic amines) is 1. The molecule has 0 spiro atoms. The van der Waals surface area contributed by atoms with Crippen molar-refractivity contribution in [2.75, 3.05) is 43.4 Å². The average Bonchev–Trinajstić information content (AvgIpc) is 3.49. The Morgan fingerprint density at radius 3 is 2.77 bits per heavy atom. The third kappa shape index (κ3) is 3.38. The predicted molar refractivity (Wildman–Crippen MR) is 114 cm³/mol. The number of alkyl halides is 1. The van der Waals surface area contributed by atoms with Crippen LogP contribution in [0.15, 0.2) is 12.5 Å². The molecule has 0 radical (unpaired) electrons. The molecule has 10 heteroatoms. The standard InChI is InChI=1S/C20H28FN9/c1-4-28-12-22-17-18(24-20(25-19(17)28)29-8-5-14(21)9-29)23-16-11-30(26-13(16)2)15-6-7-27(3)10-15/h11-12,14-15H,4-10H2,1-3H3,(H,23,24,25). The quantitative estimate of drug-likeness (QED) is 0.688. The van der Waals surface area contributed by atoms with Gasteiger partial charge in [0.25, 0.3) is 0 Å². The predicted octanol–water partition coefficient (Wildman–Crippen LogP) is 2.52. The number of halogens is 1. The van der Waals surface area contributed by atoms with Gasteiger partial charge < -0.3 is 19.7 Å². The van der Waals surface area contributed by atoms with E-state index in [-0.39, 0.29) is 0 Å². The Morgan fingerprint density at radius 1 is 1.20 bits per heavy atom. The van der Waals surface area contributed by atoms with Crippen LogP contribution in [0.2, 0.25) is 0 Å². The number of nitrogens with zero attached hydrogens (tertiary/aromatic N) is 8. The summed E-state index contributed by atoms with van der Waals surface area (Å²) in [5, 5.41) is 8.17. The SMILES string of the molecule is CCn1cnc2c(Nc3cn(C4CCN(C)C4)nc3C)nc(N3CCC(F)C3)nc21. The average molecular weight is 414 g/mol. The molecule has 9 nitrogen and oxygen atoms in total. The minimum atomic E-state index is -0.832. The first kappa shape index (κ1) is 19.2. The number of rotatable bonds is 5. The maximum Gasteiger partial charge on any atom is 0.229 e. The molecule has 2 aliphatic heterocycles. The van der Waals surface area contributed by atoms with Crippen molar-refractivity contribution in [1.29, 1.82) is 0 Å². The molecule has 5 heterocycles. The van der Waals surface area contributed by atoms with Crippen molar-refractivity contribution in [1.82, 2.24) is 34.2 Å². The molecule has 5 rings (SSSR count). The third-order valence-corrected chi connectivity index (χ3v) is 6.12. The Labute approximate surface area is 174 Å². The van der Waals surface area contributed by atoms with Crippen LogP contribution in [-0.4, -0.2) is 73.6 Å². The molecule has 0 amide bonds. The Bertz CT molecular complexity index is 1060. The molecule has 2 saturated heterocycles. The van der Waals surface area contributed by atoms with Crippen LogP contribution >= 0.6 is 0 Å². The normalized spacial score (nSPS) is 22.5. The summed E-state index contributed by atoms with van der Waals surface area (Å²) >= 11 is 0. The van der Waals surface area contributed by atoms with Gasteiger partial charge in [0, 0.05) is 25.8 Å². The highest BCUT2D eigenvalue weighted by Crippen LogP contribution is 2.30. The van der Waals surface area contributed by atoms with Gasteiger partial charge >= 0.3 is 0 Å². The zero-order valence-electron chi connectivity index (χ0n) is 17.7. The minimum Gasteiger partial charge on any atom is -0.338 e. The number of nitrogens with one attached hydrogen (secondary N) is 1. The van der Waals surface area contributed by atoms with Gasteiger partial charge in [0.1, 0.15) is 6.17 Å². The van der Waals surface area contributed by atoms with Crippen LogP contribution in [0.3, 0.4) is 0 Å². The van der Waals surface area contributed by atoms with Crippen molar-refractivity contribution in [3.8, 4) is 0 Å². The van der Waals surface area contributed by atoms with Gasteiger partial charge in [-0.3, -0.25) is 4.68 Å². The third-order valence-electron chi connectivity index (χ3n) is 6.12. The smallest absolute Gasteiger partial charge is 0.229 e. The molecule has 2 aliphatic rings. The number of hydrogen-bond acceptors (Lipinski definition) is 7. The molecule has 2 fully saturated rings. The van der Waals surface area contributed by atoms with E-state index in [1.165, 1.54) is 0 Å². The molecule has 0 aliphatic carbocycles. The molecule has 30 heavy (non-hydrogen) atoms. The molecule has 3 aromatic rings. The van der Waals surface area contributed by atoms with E-state index in [4.69, 9.17) is 15.1 Å². The second-order valence-electron chi connectivity index (χ2n) is 8.34. The molecule has 0 bridgehead atoms. The zero-order valence-corrected chi connectivity index (χ0v) is 17.7. The Morgan fingerprint density at radius 2 is 2.07 bits per heavy atom. The van der Waals surface area contributed by atoms with Crippen molar-refractivity contribution < 1.29 is 4.39 Å². The monoisotopic (exact) mass is 413 g/mol. The lowest BCUT2D eigenvalue weighted by molar-refractivity contribution is 0.364. The molecule has 2 atom stereocenters. The highest BCUT2D eigenvalue weighted by Gasteiger charge is 2.26. The van der Waals surface area contributed by atoms with Crippen LogP contribution in [-0.2, 0) is 6.54 Å². The summed E-state index contributed by atoms with van der Waals surface area (Å²) in [5.41, 5.74) is 3.29. The second-order valence-corrected chi connectivity index (χ2v) is 8.34. The summed E-state index contributed by atoms with van der Waals surface area (Å²) in [6, 6.07) is 0.385. The van der Waals surface area contributed by atoms with Crippen molar-refractivity contribution in [3.63, 3.8) is 0 Å². The van der Waals surface area contributed by atoms with E-state index in [0.717, 1.165) is 43.1 Å². The Balaban J connectivity index is 1.51. The van der Waals surface area contributed by atoms with Gasteiger partial charge in [-0.1, -0.05) is 0 Å². The summed E-state index contributed by atoms with van der Waals surface area (Å²) in [4.78, 5) is 18.2. The second kappa shape index (κ2) is 7.50. The first-order chi connectivity index (χ1) is 14.5. The van der Waals surface area contributed by atoms with Crippen LogP contribution in [0.4, 0.5) is 21.8 Å². The van der Waals surface area contributed by atoms with Crippen LogP contribution in [0, 0.1) is 6.92 Å². The van der Waals surface area contributed by atoms with Crippen LogP contribution in [0.1, 0.15) is 31.5 Å². The highest BCUT2D eigenvalue weighted by molar-refractivity contribution is 5.86. The van der Waals surface area contributed by atoms with E-state index < -0.39 is 6.17 Å². The number of anilines is 3. The number of imidazole rings is 1. The number of fused-ring (bicyclic) bond motifs is 1. The van der Waals surface area contributed by atoms with Crippen LogP contribution in [0.5, 0.6) is 0 Å². The van der Waals surface area contributed by atoms with E-state index in [1.807, 2.05) is 16.4 Å². The van der Waals surface area contributed by atoms with Crippen molar-refractivity contribution in [3.05, 3.63) is 18.2 Å². The molecule has 160 valence electrons. The molecule has 0 aromatic carbocycles. The lowest BCUT2D eigenvalue weighted by Gasteiger charge is -2.17. The number of aromatic nitrogens is 6. The first-order valence-electron chi connectivity index (χ1n) is 10.6. The van der Waals surface area contributed by atoms with Crippen molar-refractivity contribution in [2.45, 2.75) is 45.4 Å². The maximum absolute atomic E-state index is 13.8. The lowest BCUT2D eigenvalue weighted by atomic mass is 10.3. The van der Waals surface area contributed by atoms with E-state index in [9.17, 15) is 4.39 Å². The van der Waals surface area contributed by atoms with E-state index in [1.54, 1.807) is 6.33 Å². The summed E-state index contributed by atoms with van der Waals surface area (Å²) in [6.45, 7) is 7.84. The number of aryl methyl sites for hydroxylation is 2. The van der Waals surface area contributed by atoms with Gasteiger partial charge in [-0.2, -0.15) is 15.1 Å². The topological polar surface area (TPSA) is 79.9 Å². The van der Waals surface area contributed by atoms with Gasteiger partial charge in [0.2, 0.25) is 5.95 Å². The van der Waals surface area contributed by atoms with Gasteiger partial charge in [0.05, 0.1) is 30.3 Å². The molecule has 2 unspecified atom stereocenters. The summed E-state index contributed by atoms with van der Waals surface area (Å²) in [5.74, 6) is 1.18. The molecule has 1 N–H and O–H groups in total. The van der Waals surface area contributed by atoms with Crippen molar-refractivity contribution >= 4 is 28.6 Å². The van der Waals surface area contributed by atoms with Gasteiger partial charge in [0.15, 0.2) is 17.0 Å².